The Labute approximate surface area is 193 Å². The van der Waals surface area contributed by atoms with Gasteiger partial charge in [-0.15, -0.1) is 0 Å². The average molecular weight is 454 g/mol. The molecule has 3 N–H and O–H groups in total. The third-order valence-electron chi connectivity index (χ3n) is 5.30. The van der Waals surface area contributed by atoms with Gasteiger partial charge in [-0.05, 0) is 55.9 Å². The van der Waals surface area contributed by atoms with Gasteiger partial charge in [-0.2, -0.15) is 0 Å². The largest absolute Gasteiger partial charge is 0.466 e. The number of nitrogens with zero attached hydrogens (tertiary/aromatic N) is 2. The zero-order chi connectivity index (χ0) is 23.5. The van der Waals surface area contributed by atoms with Crippen LogP contribution in [-0.4, -0.2) is 47.4 Å². The fraction of sp³-hybridized carbons (Fsp3) is 0.458. The summed E-state index contributed by atoms with van der Waals surface area (Å²) in [6.07, 6.45) is 6.47. The molecule has 9 heteroatoms. The van der Waals surface area contributed by atoms with Gasteiger partial charge in [-0.3, -0.25) is 19.4 Å². The van der Waals surface area contributed by atoms with Crippen LogP contribution in [0.25, 0.3) is 0 Å². The van der Waals surface area contributed by atoms with Crippen LogP contribution >= 0.6 is 0 Å². The van der Waals surface area contributed by atoms with Gasteiger partial charge >= 0.3 is 5.97 Å². The zero-order valence-electron chi connectivity index (χ0n) is 18.9. The quantitative estimate of drug-likeness (QED) is 0.270. The molecule has 0 aliphatic carbocycles. The Morgan fingerprint density at radius 3 is 2.88 bits per heavy atom. The van der Waals surface area contributed by atoms with E-state index in [9.17, 15) is 14.4 Å². The second-order valence-corrected chi connectivity index (χ2v) is 7.89. The molecule has 1 aliphatic rings. The van der Waals surface area contributed by atoms with Crippen molar-refractivity contribution in [3.63, 3.8) is 0 Å². The monoisotopic (exact) mass is 453 g/mol. The third kappa shape index (κ3) is 7.85. The standard InChI is InChI=1S/C24H31N5O4/c1-2-33-23(32)14-20(18-7-3-11-25-16-18)29-22(31)15-21(30)26-12-5-8-19-10-9-17-6-4-13-27-24(17)28-19/h3,7,9-11,16,20H,2,4-6,8,12-15H2,1H3,(H,26,30)(H,27,28)(H,29,31). The molecule has 0 spiro atoms. The number of hydrogen-bond acceptors (Lipinski definition) is 7. The van der Waals surface area contributed by atoms with Gasteiger partial charge in [0, 0.05) is 31.2 Å². The summed E-state index contributed by atoms with van der Waals surface area (Å²) in [5, 5.41) is 8.84. The van der Waals surface area contributed by atoms with Crippen LogP contribution in [0.15, 0.2) is 36.7 Å². The first kappa shape index (κ1) is 24.2. The number of carbonyl (C=O) groups excluding carboxylic acids is 3. The van der Waals surface area contributed by atoms with Crippen molar-refractivity contribution in [1.29, 1.82) is 0 Å². The molecule has 0 saturated heterocycles. The van der Waals surface area contributed by atoms with Gasteiger partial charge in [0.15, 0.2) is 0 Å². The molecular formula is C24H31N5O4. The van der Waals surface area contributed by atoms with E-state index in [2.05, 4.69) is 32.0 Å². The first-order chi connectivity index (χ1) is 16.0. The fourth-order valence-electron chi connectivity index (χ4n) is 3.68. The molecule has 0 saturated carbocycles. The van der Waals surface area contributed by atoms with Crippen molar-refractivity contribution in [3.05, 3.63) is 53.5 Å². The lowest BCUT2D eigenvalue weighted by molar-refractivity contribution is -0.143. The van der Waals surface area contributed by atoms with Gasteiger partial charge in [0.05, 0.1) is 19.1 Å². The first-order valence-electron chi connectivity index (χ1n) is 11.4. The van der Waals surface area contributed by atoms with E-state index in [1.807, 2.05) is 6.07 Å². The number of fused-ring (bicyclic) bond motifs is 1. The lowest BCUT2D eigenvalue weighted by Crippen LogP contribution is -2.35. The Morgan fingerprint density at radius 2 is 2.09 bits per heavy atom. The summed E-state index contributed by atoms with van der Waals surface area (Å²) in [5.74, 6) is -0.297. The summed E-state index contributed by atoms with van der Waals surface area (Å²) in [4.78, 5) is 45.2. The zero-order valence-corrected chi connectivity index (χ0v) is 18.9. The first-order valence-corrected chi connectivity index (χ1v) is 11.4. The molecular weight excluding hydrogens is 422 g/mol. The van der Waals surface area contributed by atoms with E-state index in [0.717, 1.165) is 43.7 Å². The minimum Gasteiger partial charge on any atom is -0.466 e. The molecule has 0 aromatic carbocycles. The number of carbonyl (C=O) groups is 3. The molecule has 3 heterocycles. The summed E-state index contributed by atoms with van der Waals surface area (Å²) in [7, 11) is 0. The molecule has 33 heavy (non-hydrogen) atoms. The van der Waals surface area contributed by atoms with Crippen molar-refractivity contribution in [2.75, 3.05) is 25.0 Å². The van der Waals surface area contributed by atoms with Crippen LogP contribution in [-0.2, 0) is 32.0 Å². The van der Waals surface area contributed by atoms with Gasteiger partial charge in [0.2, 0.25) is 11.8 Å². The number of aryl methyl sites for hydroxylation is 2. The minimum absolute atomic E-state index is 0.0322. The normalized spacial score (nSPS) is 13.2. The van der Waals surface area contributed by atoms with Crippen LogP contribution in [0.3, 0.4) is 0 Å². The lowest BCUT2D eigenvalue weighted by Gasteiger charge is -2.18. The number of anilines is 1. The number of aromatic nitrogens is 2. The molecule has 2 aromatic rings. The predicted octanol–water partition coefficient (Wildman–Crippen LogP) is 2.08. The minimum atomic E-state index is -0.609. The summed E-state index contributed by atoms with van der Waals surface area (Å²) in [5.41, 5.74) is 2.90. The smallest absolute Gasteiger partial charge is 0.308 e. The number of nitrogens with one attached hydrogen (secondary N) is 3. The number of amides is 2. The van der Waals surface area contributed by atoms with Gasteiger partial charge < -0.3 is 20.7 Å². The van der Waals surface area contributed by atoms with Crippen molar-refractivity contribution in [2.45, 2.75) is 51.5 Å². The Bertz CT molecular complexity index is 951. The van der Waals surface area contributed by atoms with E-state index < -0.39 is 17.9 Å². The van der Waals surface area contributed by atoms with E-state index in [1.165, 1.54) is 5.56 Å². The van der Waals surface area contributed by atoms with E-state index in [4.69, 9.17) is 4.74 Å². The average Bonchev–Trinajstić information content (AvgIpc) is 2.82. The third-order valence-corrected chi connectivity index (χ3v) is 5.30. The Balaban J connectivity index is 1.42. The highest BCUT2D eigenvalue weighted by atomic mass is 16.5. The predicted molar refractivity (Wildman–Crippen MR) is 123 cm³/mol. The molecule has 2 amide bonds. The number of esters is 1. The molecule has 1 aliphatic heterocycles. The topological polar surface area (TPSA) is 122 Å². The van der Waals surface area contributed by atoms with Crippen molar-refractivity contribution in [3.8, 4) is 0 Å². The molecule has 176 valence electrons. The number of ether oxygens (including phenoxy) is 1. The molecule has 0 fully saturated rings. The Morgan fingerprint density at radius 1 is 1.21 bits per heavy atom. The highest BCUT2D eigenvalue weighted by molar-refractivity contribution is 5.97. The fourth-order valence-corrected chi connectivity index (χ4v) is 3.68. The molecule has 9 nitrogen and oxygen atoms in total. The van der Waals surface area contributed by atoms with Crippen molar-refractivity contribution in [1.82, 2.24) is 20.6 Å². The molecule has 0 bridgehead atoms. The number of rotatable bonds is 11. The van der Waals surface area contributed by atoms with Gasteiger partial charge in [-0.25, -0.2) is 4.98 Å². The molecule has 2 aromatic heterocycles. The second-order valence-electron chi connectivity index (χ2n) is 7.89. The molecule has 3 rings (SSSR count). The van der Waals surface area contributed by atoms with Gasteiger partial charge in [0.25, 0.3) is 0 Å². The van der Waals surface area contributed by atoms with Gasteiger partial charge in [-0.1, -0.05) is 12.1 Å². The maximum atomic E-state index is 12.4. The van der Waals surface area contributed by atoms with Crippen LogP contribution in [0.2, 0.25) is 0 Å². The summed E-state index contributed by atoms with van der Waals surface area (Å²) >= 11 is 0. The van der Waals surface area contributed by atoms with Crippen molar-refractivity contribution in [2.24, 2.45) is 0 Å². The van der Waals surface area contributed by atoms with Crippen LogP contribution in [0, 0.1) is 0 Å². The summed E-state index contributed by atoms with van der Waals surface area (Å²) < 4.78 is 4.99. The highest BCUT2D eigenvalue weighted by Gasteiger charge is 2.21. The van der Waals surface area contributed by atoms with E-state index in [-0.39, 0.29) is 25.4 Å². The second kappa shape index (κ2) is 12.5. The van der Waals surface area contributed by atoms with E-state index >= 15 is 0 Å². The Hall–Kier alpha value is -3.49. The summed E-state index contributed by atoms with van der Waals surface area (Å²) in [6.45, 7) is 3.38. The number of pyridine rings is 2. The van der Waals surface area contributed by atoms with Crippen LogP contribution in [0.1, 0.15) is 55.5 Å². The SMILES string of the molecule is CCOC(=O)CC(NC(=O)CC(=O)NCCCc1ccc2c(n1)NCCC2)c1cccnc1. The van der Waals surface area contributed by atoms with Crippen molar-refractivity contribution >= 4 is 23.6 Å². The number of hydrogen-bond donors (Lipinski definition) is 3. The lowest BCUT2D eigenvalue weighted by atomic mass is 10.1. The van der Waals surface area contributed by atoms with E-state index in [1.54, 1.807) is 31.5 Å². The maximum Gasteiger partial charge on any atom is 0.308 e. The van der Waals surface area contributed by atoms with Crippen LogP contribution < -0.4 is 16.0 Å². The van der Waals surface area contributed by atoms with Gasteiger partial charge in [0.1, 0.15) is 12.2 Å². The van der Waals surface area contributed by atoms with Crippen LogP contribution in [0.4, 0.5) is 5.82 Å². The van der Waals surface area contributed by atoms with Crippen molar-refractivity contribution < 1.29 is 19.1 Å². The molecule has 0 radical (unpaired) electrons. The maximum absolute atomic E-state index is 12.4. The van der Waals surface area contributed by atoms with Crippen LogP contribution in [0.5, 0.6) is 0 Å². The highest BCUT2D eigenvalue weighted by Crippen LogP contribution is 2.20. The van der Waals surface area contributed by atoms with E-state index in [0.29, 0.717) is 12.1 Å². The Kier molecular flexibility index (Phi) is 9.17. The molecule has 1 atom stereocenters. The molecule has 1 unspecified atom stereocenters. The summed E-state index contributed by atoms with van der Waals surface area (Å²) in [6, 6.07) is 7.02.